The van der Waals surface area contributed by atoms with Crippen molar-refractivity contribution in [3.8, 4) is 0 Å². The molecule has 1 saturated heterocycles. The third kappa shape index (κ3) is 5.37. The van der Waals surface area contributed by atoms with Crippen molar-refractivity contribution < 1.29 is 5.11 Å². The number of nitrogens with zero attached hydrogens (tertiary/aromatic N) is 2. The van der Waals surface area contributed by atoms with Crippen molar-refractivity contribution in [3.05, 3.63) is 21.9 Å². The summed E-state index contributed by atoms with van der Waals surface area (Å²) >= 11 is 1.90. The summed E-state index contributed by atoms with van der Waals surface area (Å²) in [4.78, 5) is 7.97. The zero-order chi connectivity index (χ0) is 15.5. The lowest BCUT2D eigenvalue weighted by Gasteiger charge is -2.43. The van der Waals surface area contributed by atoms with Crippen LogP contribution in [0, 0.1) is 12.3 Å². The molecule has 4 heteroatoms. The smallest absolute Gasteiger partial charge is 0.0446 e. The molecule has 120 valence electrons. The molecule has 0 radical (unpaired) electrons. The fourth-order valence-electron chi connectivity index (χ4n) is 3.13. The molecule has 1 N–H and O–H groups in total. The molecular formula is C17H30N2OS. The van der Waals surface area contributed by atoms with Crippen molar-refractivity contribution in [1.82, 2.24) is 9.80 Å². The van der Waals surface area contributed by atoms with E-state index in [1.165, 1.54) is 9.75 Å². The maximum absolute atomic E-state index is 9.37. The van der Waals surface area contributed by atoms with Crippen molar-refractivity contribution in [3.63, 3.8) is 0 Å². The number of hydrogen-bond donors (Lipinski definition) is 1. The maximum Gasteiger partial charge on any atom is 0.0446 e. The number of thiophene rings is 1. The number of aliphatic hydroxyl groups is 1. The fraction of sp³-hybridized carbons (Fsp3) is 0.765. The predicted molar refractivity (Wildman–Crippen MR) is 90.9 cm³/mol. The third-order valence-corrected chi connectivity index (χ3v) is 4.99. The van der Waals surface area contributed by atoms with E-state index in [4.69, 9.17) is 0 Å². The van der Waals surface area contributed by atoms with Gasteiger partial charge in [-0.15, -0.1) is 11.3 Å². The first-order valence-electron chi connectivity index (χ1n) is 8.00. The van der Waals surface area contributed by atoms with Gasteiger partial charge in [-0.1, -0.05) is 20.8 Å². The van der Waals surface area contributed by atoms with Crippen LogP contribution in [0.1, 0.15) is 36.9 Å². The molecule has 1 fully saturated rings. The number of aryl methyl sites for hydroxylation is 1. The molecule has 1 aliphatic rings. The van der Waals surface area contributed by atoms with E-state index in [0.29, 0.717) is 11.5 Å². The van der Waals surface area contributed by atoms with E-state index < -0.39 is 0 Å². The summed E-state index contributed by atoms with van der Waals surface area (Å²) in [5, 5.41) is 9.37. The summed E-state index contributed by atoms with van der Waals surface area (Å²) in [6, 6.07) is 4.95. The van der Waals surface area contributed by atoms with Crippen molar-refractivity contribution in [2.24, 2.45) is 5.41 Å². The second-order valence-corrected chi connectivity index (χ2v) is 8.82. The molecule has 0 spiro atoms. The average molecular weight is 311 g/mol. The summed E-state index contributed by atoms with van der Waals surface area (Å²) in [5.41, 5.74) is 0.320. The zero-order valence-electron chi connectivity index (χ0n) is 13.9. The lowest BCUT2D eigenvalue weighted by atomic mass is 9.94. The topological polar surface area (TPSA) is 26.7 Å². The standard InChI is InChI=1S/C17H30N2OS/c1-14-5-6-16(21-14)12-18-8-9-19(13-17(2,3)4)15(11-18)7-10-20/h5-6,15,20H,7-13H2,1-4H3/t15-/m1/s1. The first kappa shape index (κ1) is 16.9. The monoisotopic (exact) mass is 310 g/mol. The molecule has 0 unspecified atom stereocenters. The van der Waals surface area contributed by atoms with Gasteiger partial charge in [0.1, 0.15) is 0 Å². The van der Waals surface area contributed by atoms with Crippen LogP contribution >= 0.6 is 11.3 Å². The molecule has 2 rings (SSSR count). The Kier molecular flexibility index (Phi) is 5.83. The molecule has 0 aliphatic carbocycles. The summed E-state index contributed by atoms with van der Waals surface area (Å²) < 4.78 is 0. The normalized spacial score (nSPS) is 21.9. The number of rotatable bonds is 5. The van der Waals surface area contributed by atoms with E-state index in [2.05, 4.69) is 49.6 Å². The van der Waals surface area contributed by atoms with Gasteiger partial charge in [-0.05, 0) is 30.9 Å². The van der Waals surface area contributed by atoms with Crippen molar-refractivity contribution in [2.45, 2.75) is 46.7 Å². The number of aliphatic hydroxyl groups excluding tert-OH is 1. The highest BCUT2D eigenvalue weighted by atomic mass is 32.1. The molecule has 1 atom stereocenters. The van der Waals surface area contributed by atoms with Gasteiger partial charge in [-0.3, -0.25) is 9.80 Å². The van der Waals surface area contributed by atoms with E-state index in [1.54, 1.807) is 0 Å². The molecule has 0 saturated carbocycles. The largest absolute Gasteiger partial charge is 0.396 e. The van der Waals surface area contributed by atoms with Crippen LogP contribution < -0.4 is 0 Å². The van der Waals surface area contributed by atoms with E-state index in [1.807, 2.05) is 11.3 Å². The second kappa shape index (κ2) is 7.23. The highest BCUT2D eigenvalue weighted by Crippen LogP contribution is 2.23. The van der Waals surface area contributed by atoms with Gasteiger partial charge < -0.3 is 5.11 Å². The first-order valence-corrected chi connectivity index (χ1v) is 8.81. The lowest BCUT2D eigenvalue weighted by Crippen LogP contribution is -2.54. The minimum Gasteiger partial charge on any atom is -0.396 e. The minimum atomic E-state index is 0.289. The van der Waals surface area contributed by atoms with Crippen LogP contribution in [0.15, 0.2) is 12.1 Å². The van der Waals surface area contributed by atoms with Gasteiger partial charge in [0.05, 0.1) is 0 Å². The Bertz CT molecular complexity index is 438. The average Bonchev–Trinajstić information content (AvgIpc) is 2.77. The Hall–Kier alpha value is -0.420. The molecule has 1 aromatic rings. The first-order chi connectivity index (χ1) is 9.87. The molecule has 2 heterocycles. The van der Waals surface area contributed by atoms with Gasteiger partial charge >= 0.3 is 0 Å². The Balaban J connectivity index is 1.94. The number of hydrogen-bond acceptors (Lipinski definition) is 4. The van der Waals surface area contributed by atoms with E-state index in [0.717, 1.165) is 39.1 Å². The van der Waals surface area contributed by atoms with Gasteiger partial charge in [-0.2, -0.15) is 0 Å². The molecular weight excluding hydrogens is 280 g/mol. The van der Waals surface area contributed by atoms with Gasteiger partial charge in [0, 0.05) is 55.1 Å². The van der Waals surface area contributed by atoms with Crippen molar-refractivity contribution in [2.75, 3.05) is 32.8 Å². The zero-order valence-corrected chi connectivity index (χ0v) is 14.7. The van der Waals surface area contributed by atoms with Crippen LogP contribution in [-0.4, -0.2) is 53.7 Å². The Morgan fingerprint density at radius 1 is 1.29 bits per heavy atom. The van der Waals surface area contributed by atoms with Crippen molar-refractivity contribution >= 4 is 11.3 Å². The summed E-state index contributed by atoms with van der Waals surface area (Å²) in [5.74, 6) is 0. The molecule has 1 aliphatic heterocycles. The Labute approximate surface area is 133 Å². The molecule has 0 amide bonds. The lowest BCUT2D eigenvalue weighted by molar-refractivity contribution is 0.0344. The van der Waals surface area contributed by atoms with Crippen molar-refractivity contribution in [1.29, 1.82) is 0 Å². The van der Waals surface area contributed by atoms with Gasteiger partial charge in [-0.25, -0.2) is 0 Å². The Morgan fingerprint density at radius 3 is 2.62 bits per heavy atom. The second-order valence-electron chi connectivity index (χ2n) is 7.44. The van der Waals surface area contributed by atoms with Crippen LogP contribution in [-0.2, 0) is 6.54 Å². The molecule has 0 bridgehead atoms. The Morgan fingerprint density at radius 2 is 2.05 bits per heavy atom. The summed E-state index contributed by atoms with van der Waals surface area (Å²) in [6.07, 6.45) is 0.885. The van der Waals surface area contributed by atoms with Crippen LogP contribution in [0.4, 0.5) is 0 Å². The highest BCUT2D eigenvalue weighted by Gasteiger charge is 2.29. The van der Waals surface area contributed by atoms with E-state index in [9.17, 15) is 5.11 Å². The minimum absolute atomic E-state index is 0.289. The maximum atomic E-state index is 9.37. The fourth-order valence-corrected chi connectivity index (χ4v) is 4.06. The molecule has 21 heavy (non-hydrogen) atoms. The van der Waals surface area contributed by atoms with E-state index >= 15 is 0 Å². The van der Waals surface area contributed by atoms with Crippen LogP contribution in [0.2, 0.25) is 0 Å². The third-order valence-electron chi connectivity index (χ3n) is 4.00. The molecule has 3 nitrogen and oxygen atoms in total. The predicted octanol–water partition coefficient (Wildman–Crippen LogP) is 2.97. The van der Waals surface area contributed by atoms with E-state index in [-0.39, 0.29) is 6.61 Å². The van der Waals surface area contributed by atoms with Gasteiger partial charge in [0.2, 0.25) is 0 Å². The SMILES string of the molecule is Cc1ccc(CN2CCN(CC(C)(C)C)[C@H](CCO)C2)s1. The molecule has 1 aromatic heterocycles. The van der Waals surface area contributed by atoms with Gasteiger partial charge in [0.15, 0.2) is 0 Å². The summed E-state index contributed by atoms with van der Waals surface area (Å²) in [7, 11) is 0. The van der Waals surface area contributed by atoms with Crippen LogP contribution in [0.5, 0.6) is 0 Å². The number of piperazine rings is 1. The summed E-state index contributed by atoms with van der Waals surface area (Å²) in [6.45, 7) is 14.8. The van der Waals surface area contributed by atoms with Crippen LogP contribution in [0.3, 0.4) is 0 Å². The highest BCUT2D eigenvalue weighted by molar-refractivity contribution is 7.11. The van der Waals surface area contributed by atoms with Gasteiger partial charge in [0.25, 0.3) is 0 Å². The molecule has 0 aromatic carbocycles. The van der Waals surface area contributed by atoms with Crippen LogP contribution in [0.25, 0.3) is 0 Å². The quantitative estimate of drug-likeness (QED) is 0.906.